The highest BCUT2D eigenvalue weighted by Gasteiger charge is 2.25. The van der Waals surface area contributed by atoms with Crippen LogP contribution < -0.4 is 21.0 Å². The molecule has 0 unspecified atom stereocenters. The molecule has 3 N–H and O–H groups in total. The van der Waals surface area contributed by atoms with Gasteiger partial charge in [-0.15, -0.1) is 0 Å². The minimum atomic E-state index is -1.12. The minimum Gasteiger partial charge on any atom is -0.483 e. The predicted octanol–water partition coefficient (Wildman–Crippen LogP) is 1.77. The number of aryl methyl sites for hydroxylation is 2. The Morgan fingerprint density at radius 3 is 2.52 bits per heavy atom. The van der Waals surface area contributed by atoms with E-state index >= 15 is 0 Å². The monoisotopic (exact) mass is 432 g/mol. The number of carboxylic acids is 1. The van der Waals surface area contributed by atoms with Crippen molar-refractivity contribution in [2.45, 2.75) is 46.6 Å². The SMILES string of the molecule is CCc1cc(=O)oc2c(C)c(OCC(=O)NCC(=O)N[C@H](C(=O)O)[C@@H](C)CC)ccc12. The molecule has 9 heteroatoms. The van der Waals surface area contributed by atoms with Gasteiger partial charge < -0.3 is 24.9 Å². The zero-order chi connectivity index (χ0) is 23.1. The molecular weight excluding hydrogens is 404 g/mol. The summed E-state index contributed by atoms with van der Waals surface area (Å²) in [4.78, 5) is 47.1. The quantitative estimate of drug-likeness (QED) is 0.487. The molecule has 0 fully saturated rings. The van der Waals surface area contributed by atoms with E-state index in [0.29, 0.717) is 29.7 Å². The third-order valence-electron chi connectivity index (χ3n) is 5.18. The number of nitrogens with one attached hydrogen (secondary N) is 2. The first-order valence-corrected chi connectivity index (χ1v) is 10.2. The van der Waals surface area contributed by atoms with Gasteiger partial charge in [0.2, 0.25) is 5.91 Å². The Bertz CT molecular complexity index is 1030. The van der Waals surface area contributed by atoms with Crippen LogP contribution in [0.25, 0.3) is 11.0 Å². The van der Waals surface area contributed by atoms with Crippen molar-refractivity contribution in [1.82, 2.24) is 10.6 Å². The molecule has 0 aliphatic carbocycles. The molecule has 31 heavy (non-hydrogen) atoms. The molecule has 2 atom stereocenters. The van der Waals surface area contributed by atoms with Gasteiger partial charge in [-0.25, -0.2) is 9.59 Å². The lowest BCUT2D eigenvalue weighted by molar-refractivity contribution is -0.143. The third kappa shape index (κ3) is 6.07. The van der Waals surface area contributed by atoms with Crippen LogP contribution in [0, 0.1) is 12.8 Å². The standard InChI is InChI=1S/C22H28N2O7/c1-5-12(3)20(22(28)29)24-17(25)10-23-18(26)11-30-16-8-7-15-14(6-2)9-19(27)31-21(15)13(16)4/h7-9,12,20H,5-6,10-11H2,1-4H3,(H,23,26)(H,24,25)(H,28,29)/t12-,20-/m0/s1. The van der Waals surface area contributed by atoms with Crippen LogP contribution >= 0.6 is 0 Å². The van der Waals surface area contributed by atoms with Crippen molar-refractivity contribution in [2.24, 2.45) is 5.92 Å². The van der Waals surface area contributed by atoms with Gasteiger partial charge in [0.05, 0.1) is 6.54 Å². The minimum absolute atomic E-state index is 0.246. The molecule has 1 aromatic carbocycles. The van der Waals surface area contributed by atoms with Crippen LogP contribution in [0.3, 0.4) is 0 Å². The number of hydrogen-bond donors (Lipinski definition) is 3. The molecule has 9 nitrogen and oxygen atoms in total. The summed E-state index contributed by atoms with van der Waals surface area (Å²) in [5.41, 5.74) is 1.41. The molecule has 2 rings (SSSR count). The van der Waals surface area contributed by atoms with Crippen LogP contribution in [-0.4, -0.2) is 42.1 Å². The van der Waals surface area contributed by atoms with Gasteiger partial charge >= 0.3 is 11.6 Å². The molecule has 1 heterocycles. The summed E-state index contributed by atoms with van der Waals surface area (Å²) in [6.07, 6.45) is 1.26. The van der Waals surface area contributed by atoms with Crippen LogP contribution in [0.5, 0.6) is 5.75 Å². The number of aliphatic carboxylic acids is 1. The van der Waals surface area contributed by atoms with E-state index in [0.717, 1.165) is 10.9 Å². The average molecular weight is 432 g/mol. The van der Waals surface area contributed by atoms with E-state index in [1.807, 2.05) is 13.8 Å². The number of benzene rings is 1. The normalized spacial score (nSPS) is 12.8. The van der Waals surface area contributed by atoms with Crippen LogP contribution in [0.2, 0.25) is 0 Å². The number of amides is 2. The summed E-state index contributed by atoms with van der Waals surface area (Å²) in [5, 5.41) is 14.8. The Balaban J connectivity index is 1.96. The van der Waals surface area contributed by atoms with Gasteiger partial charge in [-0.1, -0.05) is 27.2 Å². The number of rotatable bonds is 10. The zero-order valence-electron chi connectivity index (χ0n) is 18.1. The molecule has 1 aromatic heterocycles. The Hall–Kier alpha value is -3.36. The van der Waals surface area contributed by atoms with Crippen molar-refractivity contribution >= 4 is 28.8 Å². The summed E-state index contributed by atoms with van der Waals surface area (Å²) in [7, 11) is 0. The maximum Gasteiger partial charge on any atom is 0.336 e. The van der Waals surface area contributed by atoms with E-state index in [1.54, 1.807) is 26.0 Å². The lowest BCUT2D eigenvalue weighted by atomic mass is 9.99. The van der Waals surface area contributed by atoms with Crippen LogP contribution in [0.1, 0.15) is 38.3 Å². The molecule has 0 saturated carbocycles. The Kier molecular flexibility index (Phi) is 8.18. The fourth-order valence-corrected chi connectivity index (χ4v) is 3.14. The highest BCUT2D eigenvalue weighted by molar-refractivity contribution is 5.88. The summed E-state index contributed by atoms with van der Waals surface area (Å²) >= 11 is 0. The summed E-state index contributed by atoms with van der Waals surface area (Å²) < 4.78 is 10.8. The fraction of sp³-hybridized carbons (Fsp3) is 0.455. The van der Waals surface area contributed by atoms with E-state index < -0.39 is 29.5 Å². The van der Waals surface area contributed by atoms with Gasteiger partial charge in [-0.3, -0.25) is 9.59 Å². The van der Waals surface area contributed by atoms with Crippen molar-refractivity contribution in [3.8, 4) is 5.75 Å². The number of hydrogen-bond acceptors (Lipinski definition) is 6. The first-order chi connectivity index (χ1) is 14.7. The third-order valence-corrected chi connectivity index (χ3v) is 5.18. The Labute approximate surface area is 179 Å². The van der Waals surface area contributed by atoms with Gasteiger partial charge in [0, 0.05) is 17.0 Å². The van der Waals surface area contributed by atoms with Crippen molar-refractivity contribution in [2.75, 3.05) is 13.2 Å². The zero-order valence-corrected chi connectivity index (χ0v) is 18.1. The molecule has 0 aliphatic rings. The Morgan fingerprint density at radius 2 is 1.90 bits per heavy atom. The molecule has 0 radical (unpaired) electrons. The van der Waals surface area contributed by atoms with Gasteiger partial charge in [0.1, 0.15) is 17.4 Å². The molecule has 0 bridgehead atoms. The van der Waals surface area contributed by atoms with E-state index in [-0.39, 0.29) is 19.1 Å². The first-order valence-electron chi connectivity index (χ1n) is 10.2. The average Bonchev–Trinajstić information content (AvgIpc) is 2.74. The van der Waals surface area contributed by atoms with E-state index in [1.165, 1.54) is 6.07 Å². The van der Waals surface area contributed by atoms with E-state index in [2.05, 4.69) is 10.6 Å². The van der Waals surface area contributed by atoms with Crippen LogP contribution in [0.4, 0.5) is 0 Å². The molecule has 2 amide bonds. The molecule has 0 spiro atoms. The number of ether oxygens (including phenoxy) is 1. The second-order valence-electron chi connectivity index (χ2n) is 7.34. The summed E-state index contributed by atoms with van der Waals surface area (Å²) in [5.74, 6) is -2.14. The highest BCUT2D eigenvalue weighted by Crippen LogP contribution is 2.28. The van der Waals surface area contributed by atoms with Crippen molar-refractivity contribution < 1.29 is 28.6 Å². The van der Waals surface area contributed by atoms with Crippen molar-refractivity contribution in [1.29, 1.82) is 0 Å². The smallest absolute Gasteiger partial charge is 0.336 e. The maximum atomic E-state index is 12.1. The van der Waals surface area contributed by atoms with Gasteiger partial charge in [-0.2, -0.15) is 0 Å². The van der Waals surface area contributed by atoms with E-state index in [9.17, 15) is 24.3 Å². The first kappa shape index (κ1) is 23.9. The summed E-state index contributed by atoms with van der Waals surface area (Å²) in [6, 6.07) is 3.90. The number of fused-ring (bicyclic) bond motifs is 1. The number of carbonyl (C=O) groups is 3. The number of carbonyl (C=O) groups excluding carboxylic acids is 2. The van der Waals surface area contributed by atoms with Crippen molar-refractivity contribution in [3.63, 3.8) is 0 Å². The Morgan fingerprint density at radius 1 is 1.19 bits per heavy atom. The molecular formula is C22H28N2O7. The van der Waals surface area contributed by atoms with Crippen LogP contribution in [-0.2, 0) is 20.8 Å². The predicted molar refractivity (Wildman–Crippen MR) is 114 cm³/mol. The van der Waals surface area contributed by atoms with Gasteiger partial charge in [-0.05, 0) is 37.0 Å². The molecule has 168 valence electrons. The lowest BCUT2D eigenvalue weighted by Crippen LogP contribution is -2.48. The lowest BCUT2D eigenvalue weighted by Gasteiger charge is -2.20. The second kappa shape index (κ2) is 10.6. The largest absolute Gasteiger partial charge is 0.483 e. The van der Waals surface area contributed by atoms with Gasteiger partial charge in [0.25, 0.3) is 5.91 Å². The highest BCUT2D eigenvalue weighted by atomic mass is 16.5. The van der Waals surface area contributed by atoms with Crippen LogP contribution in [0.15, 0.2) is 27.4 Å². The molecule has 0 saturated heterocycles. The molecule has 2 aromatic rings. The fourth-order valence-electron chi connectivity index (χ4n) is 3.14. The van der Waals surface area contributed by atoms with Crippen molar-refractivity contribution in [3.05, 3.63) is 39.7 Å². The second-order valence-corrected chi connectivity index (χ2v) is 7.34. The maximum absolute atomic E-state index is 12.1. The topological polar surface area (TPSA) is 135 Å². The summed E-state index contributed by atoms with van der Waals surface area (Å²) in [6.45, 7) is 6.50. The van der Waals surface area contributed by atoms with E-state index in [4.69, 9.17) is 9.15 Å². The molecule has 0 aliphatic heterocycles. The van der Waals surface area contributed by atoms with Gasteiger partial charge in [0.15, 0.2) is 6.61 Å². The number of carboxylic acid groups (broad SMARTS) is 1.